The van der Waals surface area contributed by atoms with Crippen LogP contribution in [0.3, 0.4) is 0 Å². The molecule has 2 heterocycles. The summed E-state index contributed by atoms with van der Waals surface area (Å²) in [6.07, 6.45) is 2.68. The topological polar surface area (TPSA) is 112 Å². The number of hydrogen-bond donors (Lipinski definition) is 2. The van der Waals surface area contributed by atoms with Crippen molar-refractivity contribution in [3.05, 3.63) is 30.1 Å². The van der Waals surface area contributed by atoms with Gasteiger partial charge < -0.3 is 20.3 Å². The average molecular weight is 457 g/mol. The van der Waals surface area contributed by atoms with Crippen molar-refractivity contribution < 1.29 is 23.5 Å². The fraction of sp³-hybridized carbons (Fsp3) is 0.583. The zero-order chi connectivity index (χ0) is 23.8. The van der Waals surface area contributed by atoms with Gasteiger partial charge in [-0.2, -0.15) is 5.26 Å². The Morgan fingerprint density at radius 1 is 1.30 bits per heavy atom. The molecule has 1 aromatic rings. The molecule has 0 spiro atoms. The summed E-state index contributed by atoms with van der Waals surface area (Å²) in [6.45, 7) is 4.29. The molecule has 33 heavy (non-hydrogen) atoms. The molecule has 2 N–H and O–H groups in total. The molecule has 2 unspecified atom stereocenters. The van der Waals surface area contributed by atoms with Crippen molar-refractivity contribution in [3.63, 3.8) is 0 Å². The summed E-state index contributed by atoms with van der Waals surface area (Å²) in [5.74, 6) is -0.837. The van der Waals surface area contributed by atoms with Gasteiger partial charge in [0.15, 0.2) is 5.60 Å². The number of halogens is 1. The van der Waals surface area contributed by atoms with E-state index < -0.39 is 23.5 Å². The first kappa shape index (κ1) is 23.0. The van der Waals surface area contributed by atoms with Gasteiger partial charge in [-0.1, -0.05) is 0 Å². The van der Waals surface area contributed by atoms with Crippen molar-refractivity contribution >= 4 is 17.7 Å². The predicted molar refractivity (Wildman–Crippen MR) is 116 cm³/mol. The quantitative estimate of drug-likeness (QED) is 0.649. The highest BCUT2D eigenvalue weighted by molar-refractivity contribution is 5.92. The third-order valence-corrected chi connectivity index (χ3v) is 7.04. The lowest BCUT2D eigenvalue weighted by Crippen LogP contribution is -2.56. The summed E-state index contributed by atoms with van der Waals surface area (Å²) in [7, 11) is 0. The summed E-state index contributed by atoms with van der Waals surface area (Å²) in [5.41, 5.74) is -1.27. The number of ether oxygens (including phenoxy) is 1. The lowest BCUT2D eigenvalue weighted by Gasteiger charge is -2.35. The Bertz CT molecular complexity index is 974. The normalized spacial score (nSPS) is 27.1. The summed E-state index contributed by atoms with van der Waals surface area (Å²) >= 11 is 0. The van der Waals surface area contributed by atoms with Crippen LogP contribution in [0, 0.1) is 34.9 Å². The Morgan fingerprint density at radius 3 is 2.61 bits per heavy atom. The lowest BCUT2D eigenvalue weighted by molar-refractivity contribution is -0.150. The van der Waals surface area contributed by atoms with Crippen molar-refractivity contribution in [1.82, 2.24) is 15.5 Å². The Kier molecular flexibility index (Phi) is 6.28. The molecule has 5 atom stereocenters. The van der Waals surface area contributed by atoms with E-state index in [9.17, 15) is 24.0 Å². The molecular weight excluding hydrogens is 427 g/mol. The number of carbonyl (C=O) groups excluding carboxylic acids is 3. The molecular formula is C24H29FN4O4. The van der Waals surface area contributed by atoms with E-state index in [2.05, 4.69) is 16.7 Å². The van der Waals surface area contributed by atoms with Crippen LogP contribution < -0.4 is 15.4 Å². The molecule has 3 amide bonds. The van der Waals surface area contributed by atoms with E-state index in [-0.39, 0.29) is 41.9 Å². The SMILES string of the molecule is CC(C)(Oc1ccc(F)cc1)C(=O)N1CC2CCC2[C@H]1C(=O)N[C@H](C#N)C[C@@H]1CCNC1=O. The maximum absolute atomic E-state index is 13.5. The van der Waals surface area contributed by atoms with Crippen LogP contribution >= 0.6 is 0 Å². The number of hydrogen-bond acceptors (Lipinski definition) is 5. The van der Waals surface area contributed by atoms with Crippen molar-refractivity contribution in [2.45, 2.75) is 57.2 Å². The molecule has 1 saturated carbocycles. The van der Waals surface area contributed by atoms with Crippen LogP contribution in [-0.2, 0) is 14.4 Å². The van der Waals surface area contributed by atoms with Crippen LogP contribution in [0.2, 0.25) is 0 Å². The minimum Gasteiger partial charge on any atom is -0.478 e. The zero-order valence-corrected chi connectivity index (χ0v) is 18.8. The van der Waals surface area contributed by atoms with Gasteiger partial charge in [0.2, 0.25) is 11.8 Å². The summed E-state index contributed by atoms with van der Waals surface area (Å²) in [6, 6.07) is 6.04. The maximum Gasteiger partial charge on any atom is 0.266 e. The van der Waals surface area contributed by atoms with Crippen molar-refractivity contribution in [2.24, 2.45) is 17.8 Å². The third-order valence-electron chi connectivity index (χ3n) is 7.04. The number of benzene rings is 1. The molecule has 1 aliphatic carbocycles. The van der Waals surface area contributed by atoms with E-state index in [0.29, 0.717) is 25.3 Å². The van der Waals surface area contributed by atoms with Crippen molar-refractivity contribution in [2.75, 3.05) is 13.1 Å². The number of nitrogens with zero attached hydrogens (tertiary/aromatic N) is 2. The van der Waals surface area contributed by atoms with E-state index in [4.69, 9.17) is 4.74 Å². The molecule has 2 saturated heterocycles. The predicted octanol–water partition coefficient (Wildman–Crippen LogP) is 1.75. The fourth-order valence-corrected chi connectivity index (χ4v) is 5.12. The first-order valence-electron chi connectivity index (χ1n) is 11.4. The molecule has 4 rings (SSSR count). The highest BCUT2D eigenvalue weighted by atomic mass is 19.1. The fourth-order valence-electron chi connectivity index (χ4n) is 5.12. The standard InChI is InChI=1S/C24H29FN4O4/c1-24(2,33-18-6-4-16(25)5-7-18)23(32)29-13-15-3-8-19(15)20(29)22(31)28-17(12-26)11-14-9-10-27-21(14)30/h4-7,14-15,17,19-20H,3,8-11,13H2,1-2H3,(H,27,30)(H,28,31)/t14-,15?,17-,19?,20-/m0/s1. The second kappa shape index (κ2) is 9.00. The van der Waals surface area contributed by atoms with Crippen LogP contribution in [0.4, 0.5) is 4.39 Å². The molecule has 1 aromatic carbocycles. The van der Waals surface area contributed by atoms with Gasteiger partial charge >= 0.3 is 0 Å². The van der Waals surface area contributed by atoms with Crippen molar-refractivity contribution in [3.8, 4) is 11.8 Å². The average Bonchev–Trinajstić information content (AvgIpc) is 3.28. The van der Waals surface area contributed by atoms with E-state index in [0.717, 1.165) is 12.8 Å². The summed E-state index contributed by atoms with van der Waals surface area (Å²) in [4.78, 5) is 40.2. The molecule has 3 aliphatic rings. The van der Waals surface area contributed by atoms with Gasteiger partial charge in [0.25, 0.3) is 5.91 Å². The van der Waals surface area contributed by atoms with E-state index in [1.807, 2.05) is 0 Å². The Hall–Kier alpha value is -3.15. The maximum atomic E-state index is 13.5. The van der Waals surface area contributed by atoms with Crippen LogP contribution in [0.15, 0.2) is 24.3 Å². The molecule has 2 aliphatic heterocycles. The second-order valence-corrected chi connectivity index (χ2v) is 9.67. The van der Waals surface area contributed by atoms with Gasteiger partial charge in [-0.25, -0.2) is 4.39 Å². The minimum atomic E-state index is -1.27. The first-order valence-corrected chi connectivity index (χ1v) is 11.4. The molecule has 0 radical (unpaired) electrons. The Labute approximate surface area is 192 Å². The summed E-state index contributed by atoms with van der Waals surface area (Å²) in [5, 5.41) is 15.1. The molecule has 3 fully saturated rings. The highest BCUT2D eigenvalue weighted by Gasteiger charge is 2.54. The Balaban J connectivity index is 1.46. The first-order chi connectivity index (χ1) is 15.7. The van der Waals surface area contributed by atoms with Gasteiger partial charge in [-0.05, 0) is 75.6 Å². The van der Waals surface area contributed by atoms with Crippen LogP contribution in [0.1, 0.15) is 39.5 Å². The van der Waals surface area contributed by atoms with E-state index >= 15 is 0 Å². The van der Waals surface area contributed by atoms with Crippen LogP contribution in [0.25, 0.3) is 0 Å². The molecule has 0 aromatic heterocycles. The zero-order valence-electron chi connectivity index (χ0n) is 18.8. The number of nitrogens with one attached hydrogen (secondary N) is 2. The third kappa shape index (κ3) is 4.65. The van der Waals surface area contributed by atoms with Gasteiger partial charge in [-0.15, -0.1) is 0 Å². The number of carbonyl (C=O) groups is 3. The number of rotatable bonds is 7. The monoisotopic (exact) mass is 456 g/mol. The van der Waals surface area contributed by atoms with Crippen LogP contribution in [0.5, 0.6) is 5.75 Å². The van der Waals surface area contributed by atoms with Gasteiger partial charge in [0.1, 0.15) is 23.7 Å². The number of fused-ring (bicyclic) bond motifs is 1. The van der Waals surface area contributed by atoms with E-state index in [1.165, 1.54) is 24.3 Å². The number of amides is 3. The summed E-state index contributed by atoms with van der Waals surface area (Å²) < 4.78 is 19.1. The molecule has 176 valence electrons. The molecule has 9 heteroatoms. The number of likely N-dealkylation sites (tertiary alicyclic amines) is 1. The van der Waals surface area contributed by atoms with Gasteiger partial charge in [0.05, 0.1) is 6.07 Å². The van der Waals surface area contributed by atoms with Gasteiger partial charge in [-0.3, -0.25) is 14.4 Å². The lowest BCUT2D eigenvalue weighted by atomic mass is 9.73. The number of nitriles is 1. The largest absolute Gasteiger partial charge is 0.478 e. The second-order valence-electron chi connectivity index (χ2n) is 9.67. The van der Waals surface area contributed by atoms with Gasteiger partial charge in [0, 0.05) is 19.0 Å². The molecule has 8 nitrogen and oxygen atoms in total. The van der Waals surface area contributed by atoms with Crippen LogP contribution in [-0.4, -0.2) is 53.4 Å². The van der Waals surface area contributed by atoms with Crippen molar-refractivity contribution in [1.29, 1.82) is 5.26 Å². The smallest absolute Gasteiger partial charge is 0.266 e. The molecule has 0 bridgehead atoms. The highest BCUT2D eigenvalue weighted by Crippen LogP contribution is 2.45. The Morgan fingerprint density at radius 2 is 2.03 bits per heavy atom. The van der Waals surface area contributed by atoms with E-state index in [1.54, 1.807) is 18.7 Å². The minimum absolute atomic E-state index is 0.0460.